The number of halogens is 1. The SMILES string of the molecule is Nc1ccc(Cl)cc1-c1nc(CCO)no1. The third-order valence-corrected chi connectivity index (χ3v) is 2.28. The topological polar surface area (TPSA) is 85.2 Å². The zero-order valence-electron chi connectivity index (χ0n) is 8.35. The molecule has 6 heteroatoms. The molecule has 0 bridgehead atoms. The van der Waals surface area contributed by atoms with Gasteiger partial charge in [0.15, 0.2) is 5.82 Å². The molecule has 16 heavy (non-hydrogen) atoms. The molecule has 1 aromatic heterocycles. The van der Waals surface area contributed by atoms with Crippen LogP contribution in [0.1, 0.15) is 5.82 Å². The van der Waals surface area contributed by atoms with Crippen molar-refractivity contribution in [2.75, 3.05) is 12.3 Å². The van der Waals surface area contributed by atoms with Crippen molar-refractivity contribution in [3.8, 4) is 11.5 Å². The molecule has 0 aliphatic rings. The normalized spacial score (nSPS) is 10.6. The first-order valence-corrected chi connectivity index (χ1v) is 5.07. The van der Waals surface area contributed by atoms with Crippen LogP contribution in [-0.2, 0) is 6.42 Å². The van der Waals surface area contributed by atoms with Crippen molar-refractivity contribution in [3.05, 3.63) is 29.0 Å². The van der Waals surface area contributed by atoms with Crippen molar-refractivity contribution < 1.29 is 9.63 Å². The molecule has 0 atom stereocenters. The van der Waals surface area contributed by atoms with Gasteiger partial charge in [0.25, 0.3) is 5.89 Å². The second-order valence-electron chi connectivity index (χ2n) is 3.22. The van der Waals surface area contributed by atoms with E-state index in [4.69, 9.17) is 27.0 Å². The number of nitrogens with zero attached hydrogens (tertiary/aromatic N) is 2. The molecule has 2 rings (SSSR count). The number of aliphatic hydroxyl groups excluding tert-OH is 1. The first-order chi connectivity index (χ1) is 7.70. The number of aromatic nitrogens is 2. The van der Waals surface area contributed by atoms with Gasteiger partial charge in [-0.3, -0.25) is 0 Å². The van der Waals surface area contributed by atoms with E-state index in [1.54, 1.807) is 18.2 Å². The van der Waals surface area contributed by atoms with Crippen LogP contribution in [0.5, 0.6) is 0 Å². The van der Waals surface area contributed by atoms with Gasteiger partial charge in [-0.1, -0.05) is 16.8 Å². The van der Waals surface area contributed by atoms with Gasteiger partial charge in [-0.25, -0.2) is 0 Å². The van der Waals surface area contributed by atoms with Crippen molar-refractivity contribution in [3.63, 3.8) is 0 Å². The van der Waals surface area contributed by atoms with Gasteiger partial charge in [0.05, 0.1) is 12.2 Å². The first-order valence-electron chi connectivity index (χ1n) is 4.69. The quantitative estimate of drug-likeness (QED) is 0.793. The van der Waals surface area contributed by atoms with Crippen LogP contribution in [0.15, 0.2) is 22.7 Å². The molecule has 0 aliphatic carbocycles. The fourth-order valence-corrected chi connectivity index (χ4v) is 1.45. The monoisotopic (exact) mass is 239 g/mol. The largest absolute Gasteiger partial charge is 0.398 e. The van der Waals surface area contributed by atoms with Gasteiger partial charge in [0, 0.05) is 17.1 Å². The van der Waals surface area contributed by atoms with Crippen LogP contribution in [0.25, 0.3) is 11.5 Å². The summed E-state index contributed by atoms with van der Waals surface area (Å²) in [5.41, 5.74) is 6.89. The molecule has 3 N–H and O–H groups in total. The highest BCUT2D eigenvalue weighted by atomic mass is 35.5. The van der Waals surface area contributed by atoms with Crippen LogP contribution in [0.3, 0.4) is 0 Å². The minimum atomic E-state index is -0.0238. The van der Waals surface area contributed by atoms with E-state index in [0.29, 0.717) is 34.4 Å². The van der Waals surface area contributed by atoms with Gasteiger partial charge in [-0.15, -0.1) is 0 Å². The van der Waals surface area contributed by atoms with Crippen LogP contribution < -0.4 is 5.73 Å². The summed E-state index contributed by atoms with van der Waals surface area (Å²) in [6.45, 7) is -0.0238. The van der Waals surface area contributed by atoms with E-state index in [1.807, 2.05) is 0 Å². The average molecular weight is 240 g/mol. The molecule has 1 heterocycles. The molecule has 84 valence electrons. The number of nitrogen functional groups attached to an aromatic ring is 1. The Kier molecular flexibility index (Phi) is 3.07. The molecule has 0 unspecified atom stereocenters. The summed E-state index contributed by atoms with van der Waals surface area (Å²) in [7, 11) is 0. The van der Waals surface area contributed by atoms with E-state index in [2.05, 4.69) is 10.1 Å². The fourth-order valence-electron chi connectivity index (χ4n) is 1.28. The number of aliphatic hydroxyl groups is 1. The van der Waals surface area contributed by atoms with Crippen molar-refractivity contribution in [2.45, 2.75) is 6.42 Å². The zero-order chi connectivity index (χ0) is 11.5. The third kappa shape index (κ3) is 2.15. The molecular weight excluding hydrogens is 230 g/mol. The number of nitrogens with two attached hydrogens (primary N) is 1. The molecule has 2 aromatic rings. The van der Waals surface area contributed by atoms with E-state index in [1.165, 1.54) is 0 Å². The summed E-state index contributed by atoms with van der Waals surface area (Å²) in [6, 6.07) is 5.02. The van der Waals surface area contributed by atoms with Gasteiger partial charge < -0.3 is 15.4 Å². The Morgan fingerprint density at radius 3 is 3.00 bits per heavy atom. The highest BCUT2D eigenvalue weighted by Gasteiger charge is 2.11. The van der Waals surface area contributed by atoms with E-state index in [-0.39, 0.29) is 6.61 Å². The van der Waals surface area contributed by atoms with Crippen LogP contribution >= 0.6 is 11.6 Å². The van der Waals surface area contributed by atoms with E-state index >= 15 is 0 Å². The zero-order valence-corrected chi connectivity index (χ0v) is 9.11. The second kappa shape index (κ2) is 4.51. The Hall–Kier alpha value is -1.59. The van der Waals surface area contributed by atoms with Crippen molar-refractivity contribution in [1.82, 2.24) is 10.1 Å². The maximum absolute atomic E-state index is 8.73. The summed E-state index contributed by atoms with van der Waals surface area (Å²) in [5, 5.41) is 13.0. The van der Waals surface area contributed by atoms with Crippen LogP contribution in [-0.4, -0.2) is 21.9 Å². The molecule has 0 saturated carbocycles. The van der Waals surface area contributed by atoms with Crippen molar-refractivity contribution >= 4 is 17.3 Å². The van der Waals surface area contributed by atoms with Crippen molar-refractivity contribution in [1.29, 1.82) is 0 Å². The molecule has 0 spiro atoms. The molecule has 0 amide bonds. The smallest absolute Gasteiger partial charge is 0.260 e. The Morgan fingerprint density at radius 2 is 2.25 bits per heavy atom. The Labute approximate surface area is 96.8 Å². The Morgan fingerprint density at radius 1 is 1.44 bits per heavy atom. The standard InChI is InChI=1S/C10H10ClN3O2/c11-6-1-2-8(12)7(5-6)10-13-9(3-4-15)14-16-10/h1-2,5,15H,3-4,12H2. The van der Waals surface area contributed by atoms with Crippen molar-refractivity contribution in [2.24, 2.45) is 0 Å². The van der Waals surface area contributed by atoms with Gasteiger partial charge in [0.2, 0.25) is 0 Å². The molecule has 1 aromatic carbocycles. The number of anilines is 1. The lowest BCUT2D eigenvalue weighted by Gasteiger charge is -2.00. The molecule has 0 aliphatic heterocycles. The highest BCUT2D eigenvalue weighted by molar-refractivity contribution is 6.31. The summed E-state index contributed by atoms with van der Waals surface area (Å²) in [4.78, 5) is 4.10. The average Bonchev–Trinajstić information content (AvgIpc) is 2.71. The maximum Gasteiger partial charge on any atom is 0.260 e. The molecular formula is C10H10ClN3O2. The Bertz CT molecular complexity index is 499. The van der Waals surface area contributed by atoms with Gasteiger partial charge in [-0.05, 0) is 18.2 Å². The molecule has 5 nitrogen and oxygen atoms in total. The van der Waals surface area contributed by atoms with E-state index in [0.717, 1.165) is 0 Å². The summed E-state index contributed by atoms with van der Waals surface area (Å²) >= 11 is 5.85. The van der Waals surface area contributed by atoms with Crippen LogP contribution in [0.4, 0.5) is 5.69 Å². The third-order valence-electron chi connectivity index (χ3n) is 2.05. The predicted molar refractivity (Wildman–Crippen MR) is 59.9 cm³/mol. The fraction of sp³-hybridized carbons (Fsp3) is 0.200. The molecule has 0 fully saturated rings. The molecule has 0 radical (unpaired) electrons. The minimum absolute atomic E-state index is 0.0238. The summed E-state index contributed by atoms with van der Waals surface area (Å²) < 4.78 is 5.03. The lowest BCUT2D eigenvalue weighted by atomic mass is 10.2. The lowest BCUT2D eigenvalue weighted by Crippen LogP contribution is -1.93. The highest BCUT2D eigenvalue weighted by Crippen LogP contribution is 2.27. The summed E-state index contributed by atoms with van der Waals surface area (Å²) in [5.74, 6) is 0.750. The number of hydrogen-bond donors (Lipinski definition) is 2. The number of benzene rings is 1. The van der Waals surface area contributed by atoms with Gasteiger partial charge in [-0.2, -0.15) is 4.98 Å². The number of hydrogen-bond acceptors (Lipinski definition) is 5. The first kappa shape index (κ1) is 10.9. The van der Waals surface area contributed by atoms with E-state index in [9.17, 15) is 0 Å². The lowest BCUT2D eigenvalue weighted by molar-refractivity contribution is 0.293. The Balaban J connectivity index is 2.38. The second-order valence-corrected chi connectivity index (χ2v) is 3.66. The minimum Gasteiger partial charge on any atom is -0.398 e. The van der Waals surface area contributed by atoms with E-state index < -0.39 is 0 Å². The van der Waals surface area contributed by atoms with Gasteiger partial charge in [0.1, 0.15) is 0 Å². The maximum atomic E-state index is 8.73. The molecule has 0 saturated heterocycles. The van der Waals surface area contributed by atoms with Gasteiger partial charge >= 0.3 is 0 Å². The van der Waals surface area contributed by atoms with Crippen LogP contribution in [0.2, 0.25) is 5.02 Å². The predicted octanol–water partition coefficient (Wildman–Crippen LogP) is 1.51. The summed E-state index contributed by atoms with van der Waals surface area (Å²) in [6.07, 6.45) is 0.351. The van der Waals surface area contributed by atoms with Crippen LogP contribution in [0, 0.1) is 0 Å². The number of rotatable bonds is 3.